The van der Waals surface area contributed by atoms with Crippen molar-refractivity contribution >= 4 is 23.5 Å². The van der Waals surface area contributed by atoms with E-state index in [1.807, 2.05) is 62.4 Å². The van der Waals surface area contributed by atoms with Crippen LogP contribution in [0.3, 0.4) is 0 Å². The number of carbonyl (C=O) groups excluding carboxylic acids is 3. The van der Waals surface area contributed by atoms with E-state index < -0.39 is 17.8 Å². The monoisotopic (exact) mass is 444 g/mol. The van der Waals surface area contributed by atoms with Gasteiger partial charge in [0.05, 0.1) is 5.56 Å². The van der Waals surface area contributed by atoms with Crippen molar-refractivity contribution < 1.29 is 19.2 Å². The number of imide groups is 1. The van der Waals surface area contributed by atoms with Crippen molar-refractivity contribution in [1.29, 1.82) is 0 Å². The number of hydroxylamine groups is 2. The molecule has 1 saturated heterocycles. The van der Waals surface area contributed by atoms with E-state index in [4.69, 9.17) is 4.84 Å². The Morgan fingerprint density at radius 2 is 1.21 bits per heavy atom. The predicted octanol–water partition coefficient (Wildman–Crippen LogP) is 5.14. The largest absolute Gasteiger partial charge is 0.363 e. The van der Waals surface area contributed by atoms with Gasteiger partial charge >= 0.3 is 5.97 Å². The van der Waals surface area contributed by atoms with Gasteiger partial charge < -0.3 is 9.74 Å². The molecule has 0 N–H and O–H groups in total. The maximum Gasteiger partial charge on any atom is 0.363 e. The maximum atomic E-state index is 12.4. The predicted molar refractivity (Wildman–Crippen MR) is 127 cm³/mol. The molecule has 2 amide bonds. The number of hydrogen-bond acceptors (Lipinski definition) is 5. The Morgan fingerprint density at radius 1 is 0.758 bits per heavy atom. The minimum absolute atomic E-state index is 0.0684. The highest BCUT2D eigenvalue weighted by Gasteiger charge is 2.33. The first-order chi connectivity index (χ1) is 16.1. The van der Waals surface area contributed by atoms with Crippen molar-refractivity contribution in [3.8, 4) is 0 Å². The molecule has 3 aromatic rings. The summed E-state index contributed by atoms with van der Waals surface area (Å²) >= 11 is 0. The third-order valence-electron chi connectivity index (χ3n) is 5.08. The van der Waals surface area contributed by atoms with Crippen molar-refractivity contribution in [2.45, 2.75) is 39.8 Å². The van der Waals surface area contributed by atoms with Crippen molar-refractivity contribution in [1.82, 2.24) is 5.06 Å². The summed E-state index contributed by atoms with van der Waals surface area (Å²) in [4.78, 5) is 42.9. The van der Waals surface area contributed by atoms with E-state index in [1.165, 1.54) is 11.1 Å². The number of benzene rings is 3. The van der Waals surface area contributed by atoms with Crippen LogP contribution in [0.15, 0.2) is 84.9 Å². The lowest BCUT2D eigenvalue weighted by molar-refractivity contribution is -0.172. The van der Waals surface area contributed by atoms with E-state index in [0.717, 1.165) is 5.69 Å². The quantitative estimate of drug-likeness (QED) is 0.472. The Balaban J connectivity index is 0.00000149. The molecule has 1 aliphatic rings. The van der Waals surface area contributed by atoms with Crippen LogP contribution < -0.4 is 4.90 Å². The van der Waals surface area contributed by atoms with Gasteiger partial charge in [0, 0.05) is 31.6 Å². The molecular formula is C27H28N2O4. The summed E-state index contributed by atoms with van der Waals surface area (Å²) in [6.07, 6.45) is 0.137. The molecule has 1 aliphatic heterocycles. The van der Waals surface area contributed by atoms with Gasteiger partial charge in [-0.1, -0.05) is 74.5 Å². The summed E-state index contributed by atoms with van der Waals surface area (Å²) in [6, 6.07) is 27.3. The van der Waals surface area contributed by atoms with Crippen LogP contribution in [0.1, 0.15) is 48.2 Å². The van der Waals surface area contributed by atoms with Crippen LogP contribution in [-0.2, 0) is 27.5 Å². The number of anilines is 1. The van der Waals surface area contributed by atoms with Gasteiger partial charge in [-0.2, -0.15) is 0 Å². The first-order valence-electron chi connectivity index (χ1n) is 11.1. The fourth-order valence-corrected chi connectivity index (χ4v) is 3.45. The lowest BCUT2D eigenvalue weighted by atomic mass is 10.1. The lowest BCUT2D eigenvalue weighted by Crippen LogP contribution is -2.32. The van der Waals surface area contributed by atoms with Crippen LogP contribution in [0.25, 0.3) is 0 Å². The molecule has 0 atom stereocenters. The van der Waals surface area contributed by atoms with Crippen molar-refractivity contribution in [2.75, 3.05) is 4.90 Å². The summed E-state index contributed by atoms with van der Waals surface area (Å²) < 4.78 is 0. The molecule has 6 heteroatoms. The minimum Gasteiger partial charge on any atom is -0.363 e. The zero-order chi connectivity index (χ0) is 23.6. The lowest BCUT2D eigenvalue weighted by Gasteiger charge is -2.25. The Morgan fingerprint density at radius 3 is 1.67 bits per heavy atom. The van der Waals surface area contributed by atoms with E-state index in [2.05, 4.69) is 29.2 Å². The van der Waals surface area contributed by atoms with Crippen LogP contribution in [0.2, 0.25) is 0 Å². The number of rotatable bonds is 7. The van der Waals surface area contributed by atoms with E-state index in [0.29, 0.717) is 18.2 Å². The van der Waals surface area contributed by atoms with Gasteiger partial charge in [-0.05, 0) is 35.4 Å². The van der Waals surface area contributed by atoms with Crippen LogP contribution in [-0.4, -0.2) is 22.8 Å². The molecule has 0 radical (unpaired) electrons. The summed E-state index contributed by atoms with van der Waals surface area (Å²) in [5, 5.41) is 0.563. The normalized spacial score (nSPS) is 12.7. The van der Waals surface area contributed by atoms with Gasteiger partial charge in [-0.3, -0.25) is 9.59 Å². The summed E-state index contributed by atoms with van der Waals surface area (Å²) in [5.41, 5.74) is 3.56. The van der Waals surface area contributed by atoms with Gasteiger partial charge in [-0.25, -0.2) is 4.79 Å². The molecule has 33 heavy (non-hydrogen) atoms. The molecule has 3 aromatic carbocycles. The smallest absolute Gasteiger partial charge is 0.363 e. The summed E-state index contributed by atoms with van der Waals surface area (Å²) in [7, 11) is 0. The first-order valence-corrected chi connectivity index (χ1v) is 11.1. The fourth-order valence-electron chi connectivity index (χ4n) is 3.45. The van der Waals surface area contributed by atoms with E-state index in [9.17, 15) is 14.4 Å². The van der Waals surface area contributed by atoms with E-state index in [1.54, 1.807) is 12.1 Å². The Kier molecular flexibility index (Phi) is 8.36. The highest BCUT2D eigenvalue weighted by Crippen LogP contribution is 2.22. The van der Waals surface area contributed by atoms with Crippen LogP contribution in [0.5, 0.6) is 0 Å². The third kappa shape index (κ3) is 6.29. The molecule has 0 saturated carbocycles. The molecule has 4 rings (SSSR count). The molecule has 6 nitrogen and oxygen atoms in total. The standard InChI is InChI=1S/C25H22N2O4.C2H6/c28-23-15-16-24(29)27(23)31-25(30)21-11-13-22(14-12-21)26(17-19-7-3-1-4-8-19)18-20-9-5-2-6-10-20;1-2/h1-14H,15-18H2;1-2H3. The van der Waals surface area contributed by atoms with Crippen molar-refractivity contribution in [3.63, 3.8) is 0 Å². The topological polar surface area (TPSA) is 66.9 Å². The number of carbonyl (C=O) groups is 3. The number of nitrogens with zero attached hydrogens (tertiary/aromatic N) is 2. The molecule has 1 heterocycles. The van der Waals surface area contributed by atoms with Gasteiger partial charge in [0.15, 0.2) is 0 Å². The zero-order valence-electron chi connectivity index (χ0n) is 18.9. The van der Waals surface area contributed by atoms with E-state index >= 15 is 0 Å². The van der Waals surface area contributed by atoms with Crippen LogP contribution >= 0.6 is 0 Å². The first kappa shape index (κ1) is 23.7. The second-order valence-corrected chi connectivity index (χ2v) is 7.33. The molecule has 0 aliphatic carbocycles. The van der Waals surface area contributed by atoms with Crippen LogP contribution in [0.4, 0.5) is 5.69 Å². The Hall–Kier alpha value is -3.93. The Labute approximate surface area is 194 Å². The zero-order valence-corrected chi connectivity index (χ0v) is 18.9. The maximum absolute atomic E-state index is 12.4. The second-order valence-electron chi connectivity index (χ2n) is 7.33. The average Bonchev–Trinajstić information content (AvgIpc) is 3.18. The van der Waals surface area contributed by atoms with Gasteiger partial charge in [0.2, 0.25) is 0 Å². The SMILES string of the molecule is CC.O=C(ON1C(=O)CCC1=O)c1ccc(N(Cc2ccccc2)Cc2ccccc2)cc1. The number of amides is 2. The third-order valence-corrected chi connectivity index (χ3v) is 5.08. The number of hydrogen-bond donors (Lipinski definition) is 0. The van der Waals surface area contributed by atoms with Crippen molar-refractivity contribution in [2.24, 2.45) is 0 Å². The fraction of sp³-hybridized carbons (Fsp3) is 0.222. The molecule has 0 aromatic heterocycles. The van der Waals surface area contributed by atoms with Gasteiger partial charge in [0.25, 0.3) is 11.8 Å². The van der Waals surface area contributed by atoms with E-state index in [-0.39, 0.29) is 18.4 Å². The van der Waals surface area contributed by atoms with Crippen LogP contribution in [0, 0.1) is 0 Å². The highest BCUT2D eigenvalue weighted by molar-refractivity contribution is 6.02. The summed E-state index contributed by atoms with van der Waals surface area (Å²) in [5.74, 6) is -1.72. The van der Waals surface area contributed by atoms with Crippen molar-refractivity contribution in [3.05, 3.63) is 102 Å². The molecule has 0 spiro atoms. The van der Waals surface area contributed by atoms with Gasteiger partial charge in [0.1, 0.15) is 0 Å². The molecule has 170 valence electrons. The average molecular weight is 445 g/mol. The second kappa shape index (κ2) is 11.6. The molecule has 0 bridgehead atoms. The molecular weight excluding hydrogens is 416 g/mol. The minimum atomic E-state index is -0.729. The molecule has 1 fully saturated rings. The Bertz CT molecular complexity index is 1010. The highest BCUT2D eigenvalue weighted by atomic mass is 16.7. The molecule has 0 unspecified atom stereocenters. The van der Waals surface area contributed by atoms with Gasteiger partial charge in [-0.15, -0.1) is 5.06 Å². The summed E-state index contributed by atoms with van der Waals surface area (Å²) in [6.45, 7) is 5.41.